The average molecular weight is 794 g/mol. The Morgan fingerprint density at radius 1 is 0.611 bits per heavy atom. The Hall–Kier alpha value is -0.920. The normalized spacial score (nSPS) is 24.1. The van der Waals surface area contributed by atoms with Gasteiger partial charge in [0.15, 0.2) is 0 Å². The predicted molar refractivity (Wildman–Crippen MR) is 214 cm³/mol. The Bertz CT molecular complexity index is 973. The molecule has 6 unspecified atom stereocenters. The van der Waals surface area contributed by atoms with E-state index in [1.54, 1.807) is 0 Å². The molecule has 0 aliphatic heterocycles. The van der Waals surface area contributed by atoms with Crippen LogP contribution in [-0.4, -0.2) is 96.8 Å². The van der Waals surface area contributed by atoms with Crippen LogP contribution in [0.25, 0.3) is 0 Å². The van der Waals surface area contributed by atoms with Crippen molar-refractivity contribution < 1.29 is 53.9 Å². The zero-order chi connectivity index (χ0) is 40.0. The number of hydrogen-bond acceptors (Lipinski definition) is 10. The van der Waals surface area contributed by atoms with E-state index >= 15 is 0 Å². The molecule has 1 aliphatic rings. The molecule has 1 rings (SSSR count). The number of aliphatic hydroxyl groups is 6. The minimum absolute atomic E-state index is 0.217. The molecule has 0 spiro atoms. The lowest BCUT2D eigenvalue weighted by Gasteiger charge is -2.41. The standard InChI is InChI=1S/C41H80NO11P/c1-3-5-7-9-11-13-15-16-17-18-19-20-21-22-24-26-28-30-34(43)33(42-35(44)31-29-27-25-23-14-12-10-8-6-4-2)32-52-54(50,51)53-41-39(48)37(46)36(45)38(47)40(41)49/h28,30,33-34,36-41,43,45-49H,3-27,29,31-32H2,1-2H3,(H,42,44)(H,50,51)/b30-28+/t33-,34+,36?,37+,38?,39?,40?,41?/m0/s1. The third-order valence-corrected chi connectivity index (χ3v) is 11.6. The van der Waals surface area contributed by atoms with E-state index in [2.05, 4.69) is 19.2 Å². The largest absolute Gasteiger partial charge is 0.472 e. The molecule has 0 heterocycles. The number of carbonyl (C=O) groups excluding carboxylic acids is 1. The number of hydrogen-bond donors (Lipinski definition) is 8. The second-order valence-electron chi connectivity index (χ2n) is 15.6. The van der Waals surface area contributed by atoms with Gasteiger partial charge in [-0.15, -0.1) is 0 Å². The molecule has 1 fully saturated rings. The fourth-order valence-electron chi connectivity index (χ4n) is 6.96. The maximum atomic E-state index is 12.8. The minimum Gasteiger partial charge on any atom is -0.387 e. The molecule has 0 aromatic carbocycles. The lowest BCUT2D eigenvalue weighted by atomic mass is 9.85. The highest BCUT2D eigenvalue weighted by Gasteiger charge is 2.51. The molecule has 320 valence electrons. The fraction of sp³-hybridized carbons (Fsp3) is 0.927. The summed E-state index contributed by atoms with van der Waals surface area (Å²) in [6.07, 6.45) is 21.5. The van der Waals surface area contributed by atoms with Crippen LogP contribution in [0.1, 0.15) is 187 Å². The molecular formula is C41H80NO11P. The van der Waals surface area contributed by atoms with Gasteiger partial charge in [-0.05, 0) is 19.3 Å². The monoisotopic (exact) mass is 794 g/mol. The molecule has 1 aliphatic carbocycles. The minimum atomic E-state index is -5.07. The van der Waals surface area contributed by atoms with Gasteiger partial charge in [0.05, 0.1) is 18.8 Å². The summed E-state index contributed by atoms with van der Waals surface area (Å²) in [7, 11) is -5.07. The van der Waals surface area contributed by atoms with Gasteiger partial charge in [0.2, 0.25) is 5.91 Å². The zero-order valence-electron chi connectivity index (χ0n) is 33.8. The van der Waals surface area contributed by atoms with Crippen molar-refractivity contribution >= 4 is 13.7 Å². The number of allylic oxidation sites excluding steroid dienone is 1. The van der Waals surface area contributed by atoms with E-state index in [4.69, 9.17) is 9.05 Å². The van der Waals surface area contributed by atoms with Crippen molar-refractivity contribution in [3.05, 3.63) is 12.2 Å². The van der Waals surface area contributed by atoms with Crippen molar-refractivity contribution in [3.63, 3.8) is 0 Å². The first-order chi connectivity index (χ1) is 25.9. The van der Waals surface area contributed by atoms with Crippen LogP contribution in [0.2, 0.25) is 0 Å². The first-order valence-corrected chi connectivity index (χ1v) is 23.1. The van der Waals surface area contributed by atoms with Crippen molar-refractivity contribution in [1.29, 1.82) is 0 Å². The molecule has 12 nitrogen and oxygen atoms in total. The van der Waals surface area contributed by atoms with Crippen molar-refractivity contribution in [1.82, 2.24) is 5.32 Å². The summed E-state index contributed by atoms with van der Waals surface area (Å²) < 4.78 is 22.8. The van der Waals surface area contributed by atoms with E-state index in [9.17, 15) is 44.9 Å². The van der Waals surface area contributed by atoms with Gasteiger partial charge in [-0.1, -0.05) is 174 Å². The smallest absolute Gasteiger partial charge is 0.387 e. The lowest BCUT2D eigenvalue weighted by molar-refractivity contribution is -0.220. The summed E-state index contributed by atoms with van der Waals surface area (Å²) in [5.41, 5.74) is 0. The second kappa shape index (κ2) is 32.1. The highest BCUT2D eigenvalue weighted by Crippen LogP contribution is 2.47. The molecule has 0 saturated heterocycles. The number of amides is 1. The number of nitrogens with one attached hydrogen (secondary N) is 1. The molecule has 0 aromatic heterocycles. The molecular weight excluding hydrogens is 713 g/mol. The Balaban J connectivity index is 2.52. The van der Waals surface area contributed by atoms with Gasteiger partial charge in [0.1, 0.15) is 36.6 Å². The number of aliphatic hydroxyl groups excluding tert-OH is 6. The third-order valence-electron chi connectivity index (χ3n) is 10.6. The van der Waals surface area contributed by atoms with E-state index in [-0.39, 0.29) is 12.3 Å². The van der Waals surface area contributed by atoms with Crippen LogP contribution >= 0.6 is 7.82 Å². The molecule has 13 heteroatoms. The van der Waals surface area contributed by atoms with Gasteiger partial charge < -0.3 is 40.8 Å². The molecule has 1 saturated carbocycles. The van der Waals surface area contributed by atoms with E-state index in [1.165, 1.54) is 122 Å². The average Bonchev–Trinajstić information content (AvgIpc) is 3.15. The summed E-state index contributed by atoms with van der Waals surface area (Å²) in [6, 6.07) is -1.11. The Kier molecular flexibility index (Phi) is 30.4. The number of phosphoric acid groups is 1. The van der Waals surface area contributed by atoms with E-state index in [0.717, 1.165) is 44.9 Å². The van der Waals surface area contributed by atoms with Crippen molar-refractivity contribution in [2.75, 3.05) is 6.61 Å². The van der Waals surface area contributed by atoms with Gasteiger partial charge in [-0.3, -0.25) is 13.8 Å². The number of phosphoric ester groups is 1. The fourth-order valence-corrected chi connectivity index (χ4v) is 7.93. The first-order valence-electron chi connectivity index (χ1n) is 21.6. The summed E-state index contributed by atoms with van der Waals surface area (Å²) in [6.45, 7) is 3.81. The van der Waals surface area contributed by atoms with E-state index < -0.39 is 63.2 Å². The maximum Gasteiger partial charge on any atom is 0.472 e. The number of rotatable bonds is 35. The van der Waals surface area contributed by atoms with Crippen LogP contribution in [0, 0.1) is 0 Å². The van der Waals surface area contributed by atoms with Crippen LogP contribution in [0.5, 0.6) is 0 Å². The highest BCUT2D eigenvalue weighted by atomic mass is 31.2. The topological polar surface area (TPSA) is 206 Å². The van der Waals surface area contributed by atoms with Crippen LogP contribution in [0.4, 0.5) is 0 Å². The Morgan fingerprint density at radius 3 is 1.41 bits per heavy atom. The third kappa shape index (κ3) is 24.0. The Morgan fingerprint density at radius 2 is 0.981 bits per heavy atom. The molecule has 9 atom stereocenters. The van der Waals surface area contributed by atoms with Crippen LogP contribution in [-0.2, 0) is 18.4 Å². The summed E-state index contributed by atoms with van der Waals surface area (Å²) in [5.74, 6) is -0.343. The highest BCUT2D eigenvalue weighted by molar-refractivity contribution is 7.47. The van der Waals surface area contributed by atoms with Crippen LogP contribution in [0.3, 0.4) is 0 Å². The first kappa shape index (κ1) is 51.1. The van der Waals surface area contributed by atoms with Crippen LogP contribution in [0.15, 0.2) is 12.2 Å². The molecule has 0 aromatic rings. The van der Waals surface area contributed by atoms with E-state index in [0.29, 0.717) is 6.42 Å². The number of carbonyl (C=O) groups is 1. The van der Waals surface area contributed by atoms with Crippen molar-refractivity contribution in [2.24, 2.45) is 0 Å². The number of unbranched alkanes of at least 4 members (excludes halogenated alkanes) is 24. The van der Waals surface area contributed by atoms with Gasteiger partial charge >= 0.3 is 7.82 Å². The zero-order valence-corrected chi connectivity index (χ0v) is 34.7. The lowest BCUT2D eigenvalue weighted by Crippen LogP contribution is -2.64. The summed E-state index contributed by atoms with van der Waals surface area (Å²) >= 11 is 0. The van der Waals surface area contributed by atoms with Gasteiger partial charge in [-0.2, -0.15) is 0 Å². The van der Waals surface area contributed by atoms with Gasteiger partial charge in [-0.25, -0.2) is 4.57 Å². The maximum absolute atomic E-state index is 12.8. The molecule has 8 N–H and O–H groups in total. The summed E-state index contributed by atoms with van der Waals surface area (Å²) in [5, 5.41) is 63.8. The predicted octanol–water partition coefficient (Wildman–Crippen LogP) is 7.28. The molecule has 54 heavy (non-hydrogen) atoms. The van der Waals surface area contributed by atoms with E-state index in [1.807, 2.05) is 6.08 Å². The van der Waals surface area contributed by atoms with Crippen LogP contribution < -0.4 is 5.32 Å². The van der Waals surface area contributed by atoms with Crippen molar-refractivity contribution in [2.45, 2.75) is 236 Å². The molecule has 0 bridgehead atoms. The Labute approximate surface area is 327 Å². The molecule has 1 amide bonds. The van der Waals surface area contributed by atoms with Gasteiger partial charge in [0, 0.05) is 6.42 Å². The summed E-state index contributed by atoms with van der Waals surface area (Å²) in [4.78, 5) is 23.2. The second-order valence-corrected chi connectivity index (χ2v) is 17.0. The molecule has 0 radical (unpaired) electrons. The SMILES string of the molecule is CCCCCCCCCCCCCCCCC/C=C/[C@@H](O)[C@H](COP(=O)(O)OC1C(O)C(O)C(O)[C@@H](O)C1O)NC(=O)CCCCCCCCCCCC. The quantitative estimate of drug-likeness (QED) is 0.0182. The van der Waals surface area contributed by atoms with Gasteiger partial charge in [0.25, 0.3) is 0 Å². The van der Waals surface area contributed by atoms with Crippen molar-refractivity contribution in [3.8, 4) is 0 Å².